The number of unbranched alkanes of at least 4 members (excludes halogenated alkanes) is 3. The molecule has 0 aromatic carbocycles. The van der Waals surface area contributed by atoms with Gasteiger partial charge in [0.15, 0.2) is 0 Å². The Hall–Kier alpha value is -0.590. The van der Waals surface area contributed by atoms with Crippen LogP contribution in [-0.2, 0) is 4.74 Å². The summed E-state index contributed by atoms with van der Waals surface area (Å²) in [6.45, 7) is 9.46. The van der Waals surface area contributed by atoms with Gasteiger partial charge >= 0.3 is 0 Å². The first kappa shape index (κ1) is 16.4. The maximum Gasteiger partial charge on any atom is 0.127 e. The van der Waals surface area contributed by atoms with Crippen LogP contribution in [0.4, 0.5) is 0 Å². The van der Waals surface area contributed by atoms with Crippen molar-refractivity contribution in [3.63, 3.8) is 0 Å². The van der Waals surface area contributed by atoms with E-state index in [1.807, 2.05) is 13.8 Å². The lowest BCUT2D eigenvalue weighted by atomic mass is 10.1. The Kier molecular flexibility index (Phi) is 9.11. The van der Waals surface area contributed by atoms with E-state index >= 15 is 0 Å². The summed E-state index contributed by atoms with van der Waals surface area (Å²) in [4.78, 5) is 0. The molecule has 0 aliphatic heterocycles. The number of hydrogen-bond acceptors (Lipinski definition) is 3. The zero-order chi connectivity index (χ0) is 13.1. The second-order valence-electron chi connectivity index (χ2n) is 4.95. The van der Waals surface area contributed by atoms with Crippen LogP contribution in [0.5, 0.6) is 0 Å². The van der Waals surface area contributed by atoms with Crippen molar-refractivity contribution in [1.82, 2.24) is 5.32 Å². The highest BCUT2D eigenvalue weighted by atomic mass is 16.5. The van der Waals surface area contributed by atoms with E-state index in [-0.39, 0.29) is 6.10 Å². The van der Waals surface area contributed by atoms with Crippen molar-refractivity contribution < 1.29 is 4.74 Å². The molecule has 0 saturated carbocycles. The molecule has 3 heteroatoms. The van der Waals surface area contributed by atoms with Gasteiger partial charge in [-0.2, -0.15) is 5.26 Å². The van der Waals surface area contributed by atoms with Crippen LogP contribution >= 0.6 is 0 Å². The first-order valence-corrected chi connectivity index (χ1v) is 6.85. The van der Waals surface area contributed by atoms with Crippen LogP contribution in [0.1, 0.15) is 59.8 Å². The highest BCUT2D eigenvalue weighted by Gasteiger charge is 2.23. The fourth-order valence-electron chi connectivity index (χ4n) is 1.76. The number of ether oxygens (including phenoxy) is 1. The fourth-order valence-corrected chi connectivity index (χ4v) is 1.76. The molecule has 0 radical (unpaired) electrons. The van der Waals surface area contributed by atoms with Crippen molar-refractivity contribution in [2.75, 3.05) is 13.2 Å². The lowest BCUT2D eigenvalue weighted by Crippen LogP contribution is -2.45. The van der Waals surface area contributed by atoms with Crippen molar-refractivity contribution in [3.8, 4) is 6.07 Å². The minimum atomic E-state index is -0.549. The van der Waals surface area contributed by atoms with E-state index in [1.165, 1.54) is 25.7 Å². The molecule has 0 spiro atoms. The van der Waals surface area contributed by atoms with Gasteiger partial charge in [-0.15, -0.1) is 0 Å². The Morgan fingerprint density at radius 2 is 2.00 bits per heavy atom. The molecule has 0 aliphatic rings. The van der Waals surface area contributed by atoms with Crippen LogP contribution < -0.4 is 5.32 Å². The minimum absolute atomic E-state index is 0.248. The summed E-state index contributed by atoms with van der Waals surface area (Å²) < 4.78 is 5.75. The summed E-state index contributed by atoms with van der Waals surface area (Å²) in [5, 5.41) is 12.2. The smallest absolute Gasteiger partial charge is 0.127 e. The number of rotatable bonds is 10. The van der Waals surface area contributed by atoms with E-state index in [0.717, 1.165) is 13.0 Å². The second-order valence-corrected chi connectivity index (χ2v) is 4.95. The highest BCUT2D eigenvalue weighted by molar-refractivity contribution is 5.03. The van der Waals surface area contributed by atoms with Crippen molar-refractivity contribution in [2.45, 2.75) is 71.4 Å². The summed E-state index contributed by atoms with van der Waals surface area (Å²) in [5.41, 5.74) is -0.549. The third kappa shape index (κ3) is 8.18. The molecule has 3 nitrogen and oxygen atoms in total. The number of likely N-dealkylation sites (N-methyl/N-ethyl adjacent to an activating group) is 1. The largest absolute Gasteiger partial charge is 0.375 e. The highest BCUT2D eigenvalue weighted by Crippen LogP contribution is 2.10. The molecule has 0 saturated heterocycles. The maximum atomic E-state index is 9.08. The lowest BCUT2D eigenvalue weighted by molar-refractivity contribution is 0.0322. The fraction of sp³-hybridized carbons (Fsp3) is 0.929. The topological polar surface area (TPSA) is 45.0 Å². The predicted molar refractivity (Wildman–Crippen MR) is 71.9 cm³/mol. The van der Waals surface area contributed by atoms with Crippen LogP contribution in [0.3, 0.4) is 0 Å². The molecule has 0 aromatic heterocycles. The summed E-state index contributed by atoms with van der Waals surface area (Å²) in [7, 11) is 0. The molecule has 1 N–H and O–H groups in total. The molecule has 0 rings (SSSR count). The van der Waals surface area contributed by atoms with E-state index in [2.05, 4.69) is 25.2 Å². The monoisotopic (exact) mass is 240 g/mol. The lowest BCUT2D eigenvalue weighted by Gasteiger charge is -2.24. The van der Waals surface area contributed by atoms with Gasteiger partial charge in [0.25, 0.3) is 0 Å². The maximum absolute atomic E-state index is 9.08. The zero-order valence-electron chi connectivity index (χ0n) is 11.9. The van der Waals surface area contributed by atoms with E-state index in [1.54, 1.807) is 0 Å². The average molecular weight is 240 g/mol. The molecule has 0 heterocycles. The standard InChI is InChI=1S/C14H28N2O/c1-5-7-8-9-10-13(3)17-12-14(4,11-15)16-6-2/h13,16H,5-10,12H2,1-4H3. The number of nitrogens with zero attached hydrogens (tertiary/aromatic N) is 1. The predicted octanol–water partition coefficient (Wildman–Crippen LogP) is 3.25. The molecule has 0 fully saturated rings. The molecule has 17 heavy (non-hydrogen) atoms. The Balaban J connectivity index is 3.74. The van der Waals surface area contributed by atoms with Gasteiger partial charge in [-0.05, 0) is 26.8 Å². The Bertz CT molecular complexity index is 225. The third-order valence-electron chi connectivity index (χ3n) is 2.93. The number of hydrogen-bond donors (Lipinski definition) is 1. The Morgan fingerprint density at radius 1 is 1.29 bits per heavy atom. The van der Waals surface area contributed by atoms with Crippen LogP contribution in [-0.4, -0.2) is 24.8 Å². The Labute approximate surface area is 107 Å². The SMILES string of the molecule is CCCCCCC(C)OCC(C)(C#N)NCC. The van der Waals surface area contributed by atoms with Crippen LogP contribution in [0.15, 0.2) is 0 Å². The van der Waals surface area contributed by atoms with E-state index in [4.69, 9.17) is 10.00 Å². The van der Waals surface area contributed by atoms with Crippen molar-refractivity contribution in [2.24, 2.45) is 0 Å². The molecule has 2 unspecified atom stereocenters. The summed E-state index contributed by atoms with van der Waals surface area (Å²) in [5.74, 6) is 0. The van der Waals surface area contributed by atoms with E-state index < -0.39 is 5.54 Å². The van der Waals surface area contributed by atoms with Gasteiger partial charge in [-0.25, -0.2) is 0 Å². The number of nitriles is 1. The molecule has 0 aliphatic carbocycles. The molecular formula is C14H28N2O. The van der Waals surface area contributed by atoms with Crippen molar-refractivity contribution >= 4 is 0 Å². The first-order chi connectivity index (χ1) is 8.08. The summed E-state index contributed by atoms with van der Waals surface area (Å²) >= 11 is 0. The number of nitrogens with one attached hydrogen (secondary N) is 1. The van der Waals surface area contributed by atoms with Crippen molar-refractivity contribution in [1.29, 1.82) is 5.26 Å². The first-order valence-electron chi connectivity index (χ1n) is 6.85. The summed E-state index contributed by atoms with van der Waals surface area (Å²) in [6.07, 6.45) is 6.42. The van der Waals surface area contributed by atoms with Gasteiger partial charge in [0.2, 0.25) is 0 Å². The van der Waals surface area contributed by atoms with Gasteiger partial charge in [0.1, 0.15) is 5.54 Å². The molecule has 100 valence electrons. The quantitative estimate of drug-likeness (QED) is 0.596. The second kappa shape index (κ2) is 9.44. The van der Waals surface area contributed by atoms with Crippen molar-refractivity contribution in [3.05, 3.63) is 0 Å². The van der Waals surface area contributed by atoms with Crippen LogP contribution in [0, 0.1) is 11.3 Å². The third-order valence-corrected chi connectivity index (χ3v) is 2.93. The molecule has 0 bridgehead atoms. The van der Waals surface area contributed by atoms with Gasteiger partial charge < -0.3 is 4.74 Å². The minimum Gasteiger partial charge on any atom is -0.375 e. The van der Waals surface area contributed by atoms with E-state index in [0.29, 0.717) is 6.61 Å². The van der Waals surface area contributed by atoms with E-state index in [9.17, 15) is 0 Å². The van der Waals surface area contributed by atoms with Crippen LogP contribution in [0.25, 0.3) is 0 Å². The van der Waals surface area contributed by atoms with Gasteiger partial charge in [0, 0.05) is 0 Å². The van der Waals surface area contributed by atoms with Crippen LogP contribution in [0.2, 0.25) is 0 Å². The van der Waals surface area contributed by atoms with Gasteiger partial charge in [-0.3, -0.25) is 5.32 Å². The Morgan fingerprint density at radius 3 is 2.53 bits per heavy atom. The summed E-state index contributed by atoms with van der Waals surface area (Å²) in [6, 6.07) is 2.28. The molecule has 0 amide bonds. The van der Waals surface area contributed by atoms with Gasteiger partial charge in [-0.1, -0.05) is 39.5 Å². The normalized spacial score (nSPS) is 16.2. The average Bonchev–Trinajstić information content (AvgIpc) is 2.32. The molecular weight excluding hydrogens is 212 g/mol. The zero-order valence-corrected chi connectivity index (χ0v) is 11.9. The van der Waals surface area contributed by atoms with Gasteiger partial charge in [0.05, 0.1) is 18.8 Å². The molecule has 0 aromatic rings. The molecule has 2 atom stereocenters.